The van der Waals surface area contributed by atoms with E-state index in [9.17, 15) is 9.59 Å². The van der Waals surface area contributed by atoms with E-state index in [1.54, 1.807) is 0 Å². The van der Waals surface area contributed by atoms with E-state index in [2.05, 4.69) is 83.0 Å². The molecule has 47 heavy (non-hydrogen) atoms. The number of aryl methyl sites for hydroxylation is 1. The fourth-order valence-electron chi connectivity index (χ4n) is 6.21. The topological polar surface area (TPSA) is 61.9 Å². The van der Waals surface area contributed by atoms with Crippen molar-refractivity contribution in [1.82, 2.24) is 15.1 Å². The molecule has 2 amide bonds. The summed E-state index contributed by atoms with van der Waals surface area (Å²) < 4.78 is 5.23. The van der Waals surface area contributed by atoms with E-state index in [4.69, 9.17) is 4.74 Å². The number of nitrogens with zero attached hydrogens (tertiary/aromatic N) is 2. The van der Waals surface area contributed by atoms with Crippen molar-refractivity contribution in [3.63, 3.8) is 0 Å². The zero-order chi connectivity index (χ0) is 33.4. The summed E-state index contributed by atoms with van der Waals surface area (Å²) >= 11 is 1.83. The second kappa shape index (κ2) is 15.2. The van der Waals surface area contributed by atoms with Gasteiger partial charge in [-0.15, -0.1) is 11.8 Å². The molecule has 4 aromatic carbocycles. The Bertz CT molecular complexity index is 1520. The average molecular weight is 650 g/mol. The summed E-state index contributed by atoms with van der Waals surface area (Å²) in [7, 11) is 0. The van der Waals surface area contributed by atoms with Crippen LogP contribution >= 0.6 is 11.8 Å². The first-order valence-electron chi connectivity index (χ1n) is 16.4. The molecule has 1 N–H and O–H groups in total. The van der Waals surface area contributed by atoms with Gasteiger partial charge in [-0.3, -0.25) is 9.69 Å². The summed E-state index contributed by atoms with van der Waals surface area (Å²) in [6.07, 6.45) is -0.420. The van der Waals surface area contributed by atoms with Gasteiger partial charge in [-0.2, -0.15) is 0 Å². The molecule has 1 unspecified atom stereocenters. The molecule has 0 bridgehead atoms. The Hall–Kier alpha value is -4.07. The smallest absolute Gasteiger partial charge is 0.407 e. The molecule has 1 aliphatic heterocycles. The minimum absolute atomic E-state index is 0.0863. The molecule has 1 aliphatic rings. The quantitative estimate of drug-likeness (QED) is 0.179. The number of thioether (sulfide) groups is 1. The SMILES string of the molecule is Cc1cccc(C(=O)N2CCN(CC(CSC(c3ccccc3)(c3ccccc3)c3ccccc3)NC(=O)OC(C)(C)C)CC2)c1C. The highest BCUT2D eigenvalue weighted by atomic mass is 32.2. The van der Waals surface area contributed by atoms with Crippen LogP contribution in [-0.2, 0) is 9.48 Å². The maximum Gasteiger partial charge on any atom is 0.407 e. The van der Waals surface area contributed by atoms with Gasteiger partial charge in [0.2, 0.25) is 0 Å². The van der Waals surface area contributed by atoms with E-state index >= 15 is 0 Å². The highest BCUT2D eigenvalue weighted by molar-refractivity contribution is 8.00. The molecular weight excluding hydrogens is 603 g/mol. The number of amides is 2. The van der Waals surface area contributed by atoms with Gasteiger partial charge in [0.05, 0.1) is 10.8 Å². The number of carbonyl (C=O) groups excluding carboxylic acids is 2. The van der Waals surface area contributed by atoms with Crippen LogP contribution in [0.1, 0.15) is 58.9 Å². The van der Waals surface area contributed by atoms with Crippen LogP contribution < -0.4 is 5.32 Å². The minimum atomic E-state index is -0.608. The second-order valence-electron chi connectivity index (χ2n) is 13.3. The predicted octanol–water partition coefficient (Wildman–Crippen LogP) is 7.68. The summed E-state index contributed by atoms with van der Waals surface area (Å²) in [6.45, 7) is 13.1. The number of alkyl carbamates (subject to hydrolysis) is 1. The molecule has 0 saturated carbocycles. The number of ether oxygens (including phenoxy) is 1. The van der Waals surface area contributed by atoms with E-state index in [0.717, 1.165) is 29.8 Å². The normalized spacial score (nSPS) is 14.8. The highest BCUT2D eigenvalue weighted by Crippen LogP contribution is 2.48. The van der Waals surface area contributed by atoms with Gasteiger partial charge in [0.25, 0.3) is 5.91 Å². The van der Waals surface area contributed by atoms with E-state index in [1.807, 2.05) is 87.7 Å². The van der Waals surface area contributed by atoms with Crippen molar-refractivity contribution in [3.8, 4) is 0 Å². The van der Waals surface area contributed by atoms with Crippen molar-refractivity contribution >= 4 is 23.8 Å². The maximum atomic E-state index is 13.4. The van der Waals surface area contributed by atoms with Crippen LogP contribution in [0.2, 0.25) is 0 Å². The number of hydrogen-bond acceptors (Lipinski definition) is 5. The lowest BCUT2D eigenvalue weighted by Gasteiger charge is -2.39. The van der Waals surface area contributed by atoms with Gasteiger partial charge in [-0.1, -0.05) is 103 Å². The monoisotopic (exact) mass is 649 g/mol. The molecule has 1 atom stereocenters. The van der Waals surface area contributed by atoms with E-state index in [0.29, 0.717) is 25.4 Å². The third-order valence-electron chi connectivity index (χ3n) is 8.74. The first-order chi connectivity index (χ1) is 22.6. The summed E-state index contributed by atoms with van der Waals surface area (Å²) in [5.41, 5.74) is 5.87. The molecule has 1 saturated heterocycles. The van der Waals surface area contributed by atoms with Crippen LogP contribution in [0.4, 0.5) is 4.79 Å². The maximum absolute atomic E-state index is 13.4. The van der Waals surface area contributed by atoms with Gasteiger partial charge < -0.3 is 15.0 Å². The van der Waals surface area contributed by atoms with Crippen molar-refractivity contribution in [3.05, 3.63) is 143 Å². The molecule has 0 aliphatic carbocycles. The van der Waals surface area contributed by atoms with E-state index in [1.165, 1.54) is 16.7 Å². The van der Waals surface area contributed by atoms with Crippen LogP contribution in [0.15, 0.2) is 109 Å². The van der Waals surface area contributed by atoms with Gasteiger partial charge in [0.1, 0.15) is 5.60 Å². The Morgan fingerprint density at radius 2 is 1.26 bits per heavy atom. The van der Waals surface area contributed by atoms with Gasteiger partial charge in [0.15, 0.2) is 0 Å². The van der Waals surface area contributed by atoms with E-state index in [-0.39, 0.29) is 11.9 Å². The van der Waals surface area contributed by atoms with Crippen molar-refractivity contribution in [2.45, 2.75) is 51.0 Å². The second-order valence-corrected chi connectivity index (χ2v) is 14.5. The average Bonchev–Trinajstić information content (AvgIpc) is 3.07. The van der Waals surface area contributed by atoms with Gasteiger partial charge >= 0.3 is 6.09 Å². The van der Waals surface area contributed by atoms with Crippen LogP contribution in [0, 0.1) is 13.8 Å². The summed E-state index contributed by atoms with van der Waals surface area (Å²) in [5, 5.41) is 3.22. The van der Waals surface area contributed by atoms with Crippen LogP contribution in [-0.4, -0.2) is 71.9 Å². The molecule has 0 radical (unpaired) electrons. The molecule has 1 heterocycles. The molecule has 6 nitrogen and oxygen atoms in total. The standard InChI is InChI=1S/C40H47N3O3S/c1-30-16-15-23-36(31(30)2)37(44)43-26-24-42(25-27-43)28-35(41-38(45)46-39(3,4)5)29-47-40(32-17-9-6-10-18-32,33-19-11-7-12-20-33)34-21-13-8-14-22-34/h6-23,35H,24-29H2,1-5H3,(H,41,45). The number of benzene rings is 4. The predicted molar refractivity (Wildman–Crippen MR) is 193 cm³/mol. The molecule has 246 valence electrons. The zero-order valence-corrected chi connectivity index (χ0v) is 29.1. The lowest BCUT2D eigenvalue weighted by atomic mass is 9.84. The highest BCUT2D eigenvalue weighted by Gasteiger charge is 2.38. The molecular formula is C40H47N3O3S. The molecule has 7 heteroatoms. The first-order valence-corrected chi connectivity index (χ1v) is 17.4. The van der Waals surface area contributed by atoms with Crippen LogP contribution in [0.3, 0.4) is 0 Å². The third kappa shape index (κ3) is 8.45. The molecule has 0 aromatic heterocycles. The van der Waals surface area contributed by atoms with E-state index < -0.39 is 16.4 Å². The minimum Gasteiger partial charge on any atom is -0.444 e. The van der Waals surface area contributed by atoms with Crippen molar-refractivity contribution in [1.29, 1.82) is 0 Å². The summed E-state index contributed by atoms with van der Waals surface area (Å²) in [5.74, 6) is 0.725. The van der Waals surface area contributed by atoms with Gasteiger partial charge in [0, 0.05) is 44.0 Å². The Kier molecular flexibility index (Phi) is 11.1. The fraction of sp³-hybridized carbons (Fsp3) is 0.350. The lowest BCUT2D eigenvalue weighted by Crippen LogP contribution is -2.54. The van der Waals surface area contributed by atoms with Crippen molar-refractivity contribution < 1.29 is 14.3 Å². The number of rotatable bonds is 10. The Morgan fingerprint density at radius 1 is 0.745 bits per heavy atom. The van der Waals surface area contributed by atoms with Gasteiger partial charge in [-0.05, 0) is 68.5 Å². The third-order valence-corrected chi connectivity index (χ3v) is 10.4. The molecule has 0 spiro atoms. The fourth-order valence-corrected chi connectivity index (χ4v) is 7.75. The number of piperazine rings is 1. The number of carbonyl (C=O) groups is 2. The molecule has 4 aromatic rings. The van der Waals surface area contributed by atoms with Crippen molar-refractivity contribution in [2.75, 3.05) is 38.5 Å². The molecule has 1 fully saturated rings. The summed E-state index contributed by atoms with van der Waals surface area (Å²) in [4.78, 5) is 30.9. The largest absolute Gasteiger partial charge is 0.444 e. The Labute approximate surface area is 284 Å². The van der Waals surface area contributed by atoms with Gasteiger partial charge in [-0.25, -0.2) is 4.79 Å². The molecule has 5 rings (SSSR count). The summed E-state index contributed by atoms with van der Waals surface area (Å²) in [6, 6.07) is 37.5. The number of nitrogens with one attached hydrogen (secondary N) is 1. The Morgan fingerprint density at radius 3 is 1.74 bits per heavy atom. The Balaban J connectivity index is 1.39. The lowest BCUT2D eigenvalue weighted by molar-refractivity contribution is 0.0483. The number of hydrogen-bond donors (Lipinski definition) is 1. The zero-order valence-electron chi connectivity index (χ0n) is 28.2. The van der Waals surface area contributed by atoms with Crippen LogP contribution in [0.5, 0.6) is 0 Å². The van der Waals surface area contributed by atoms with Crippen LogP contribution in [0.25, 0.3) is 0 Å². The van der Waals surface area contributed by atoms with Crippen molar-refractivity contribution in [2.24, 2.45) is 0 Å². The first kappa shape index (κ1) is 34.3.